The molecule has 0 radical (unpaired) electrons. The molecule has 2 aromatic rings. The quantitative estimate of drug-likeness (QED) is 0.526. The van der Waals surface area contributed by atoms with Gasteiger partial charge in [-0.3, -0.25) is 9.59 Å². The molecule has 6 heteroatoms. The molecule has 0 bridgehead atoms. The zero-order valence-corrected chi connectivity index (χ0v) is 18.8. The van der Waals surface area contributed by atoms with Crippen LogP contribution in [0.3, 0.4) is 0 Å². The lowest BCUT2D eigenvalue weighted by atomic mass is 10.1. The molecule has 0 unspecified atom stereocenters. The van der Waals surface area contributed by atoms with Gasteiger partial charge in [-0.25, -0.2) is 4.39 Å². The molecule has 2 amide bonds. The molecule has 0 spiro atoms. The number of carbonyl (C=O) groups excluding carboxylic acids is 2. The third-order valence-electron chi connectivity index (χ3n) is 4.87. The Labute approximate surface area is 183 Å². The standard InChI is InChI=1S/C24H31FN2O2S/c1-4-5-13-26-24(29)19(3)27(15-20-10-8-9-18(2)14-20)23(28)17-30-16-21-11-6-7-12-22(21)25/h6-12,14,19H,4-5,13,15-17H2,1-3H3,(H,26,29)/t19-/m0/s1. The third-order valence-corrected chi connectivity index (χ3v) is 5.84. The van der Waals surface area contributed by atoms with E-state index in [1.807, 2.05) is 31.2 Å². The summed E-state index contributed by atoms with van der Waals surface area (Å²) >= 11 is 1.36. The van der Waals surface area contributed by atoms with Crippen LogP contribution in [-0.2, 0) is 21.9 Å². The van der Waals surface area contributed by atoms with Gasteiger partial charge in [-0.1, -0.05) is 61.4 Å². The monoisotopic (exact) mass is 430 g/mol. The number of unbranched alkanes of at least 4 members (excludes halogenated alkanes) is 1. The molecule has 30 heavy (non-hydrogen) atoms. The first-order chi connectivity index (χ1) is 14.4. The maximum atomic E-state index is 13.8. The van der Waals surface area contributed by atoms with E-state index in [4.69, 9.17) is 0 Å². The van der Waals surface area contributed by atoms with E-state index in [-0.39, 0.29) is 23.4 Å². The fourth-order valence-corrected chi connectivity index (χ4v) is 3.97. The van der Waals surface area contributed by atoms with Crippen molar-refractivity contribution in [3.8, 4) is 0 Å². The van der Waals surface area contributed by atoms with E-state index < -0.39 is 6.04 Å². The molecule has 2 aromatic carbocycles. The third kappa shape index (κ3) is 7.48. The first kappa shape index (κ1) is 23.9. The van der Waals surface area contributed by atoms with Gasteiger partial charge in [0.25, 0.3) is 0 Å². The minimum Gasteiger partial charge on any atom is -0.354 e. The van der Waals surface area contributed by atoms with Crippen molar-refractivity contribution in [2.24, 2.45) is 0 Å². The molecule has 0 aliphatic rings. The van der Waals surface area contributed by atoms with Crippen LogP contribution in [0, 0.1) is 12.7 Å². The van der Waals surface area contributed by atoms with Crippen LogP contribution in [0.25, 0.3) is 0 Å². The lowest BCUT2D eigenvalue weighted by molar-refractivity contribution is -0.138. The zero-order valence-electron chi connectivity index (χ0n) is 18.0. The van der Waals surface area contributed by atoms with Crippen molar-refractivity contribution in [2.75, 3.05) is 12.3 Å². The van der Waals surface area contributed by atoms with Crippen molar-refractivity contribution >= 4 is 23.6 Å². The predicted molar refractivity (Wildman–Crippen MR) is 122 cm³/mol. The van der Waals surface area contributed by atoms with Gasteiger partial charge in [-0.05, 0) is 37.5 Å². The lowest BCUT2D eigenvalue weighted by Crippen LogP contribution is -2.48. The molecule has 1 N–H and O–H groups in total. The van der Waals surface area contributed by atoms with E-state index in [9.17, 15) is 14.0 Å². The highest BCUT2D eigenvalue weighted by atomic mass is 32.2. The van der Waals surface area contributed by atoms with E-state index in [1.165, 1.54) is 17.8 Å². The van der Waals surface area contributed by atoms with Crippen LogP contribution in [0.1, 0.15) is 43.4 Å². The fraction of sp³-hybridized carbons (Fsp3) is 0.417. The predicted octanol–water partition coefficient (Wildman–Crippen LogP) is 4.70. The Morgan fingerprint density at radius 1 is 1.17 bits per heavy atom. The van der Waals surface area contributed by atoms with Crippen LogP contribution < -0.4 is 5.32 Å². The Balaban J connectivity index is 2.05. The molecule has 2 rings (SSSR count). The van der Waals surface area contributed by atoms with Crippen LogP contribution >= 0.6 is 11.8 Å². The number of thioether (sulfide) groups is 1. The van der Waals surface area contributed by atoms with Gasteiger partial charge in [-0.15, -0.1) is 11.8 Å². The lowest BCUT2D eigenvalue weighted by Gasteiger charge is -2.29. The summed E-state index contributed by atoms with van der Waals surface area (Å²) in [4.78, 5) is 27.2. The van der Waals surface area contributed by atoms with Crippen molar-refractivity contribution in [2.45, 2.75) is 52.0 Å². The molecule has 4 nitrogen and oxygen atoms in total. The van der Waals surface area contributed by atoms with E-state index in [0.717, 1.165) is 24.0 Å². The van der Waals surface area contributed by atoms with E-state index >= 15 is 0 Å². The molecule has 1 atom stereocenters. The number of aryl methyl sites for hydroxylation is 1. The summed E-state index contributed by atoms with van der Waals surface area (Å²) in [6.45, 7) is 6.80. The number of nitrogens with zero attached hydrogens (tertiary/aromatic N) is 1. The highest BCUT2D eigenvalue weighted by Crippen LogP contribution is 2.18. The number of hydrogen-bond donors (Lipinski definition) is 1. The Morgan fingerprint density at radius 3 is 2.63 bits per heavy atom. The number of benzene rings is 2. The van der Waals surface area contributed by atoms with Crippen molar-refractivity contribution in [1.82, 2.24) is 10.2 Å². The summed E-state index contributed by atoms with van der Waals surface area (Å²) in [5.41, 5.74) is 2.66. The second kappa shape index (κ2) is 12.4. The van der Waals surface area contributed by atoms with Gasteiger partial charge in [0, 0.05) is 18.8 Å². The average Bonchev–Trinajstić information content (AvgIpc) is 2.73. The summed E-state index contributed by atoms with van der Waals surface area (Å²) in [5.74, 6) is 0.0535. The molecule has 0 aliphatic heterocycles. The maximum Gasteiger partial charge on any atom is 0.242 e. The largest absolute Gasteiger partial charge is 0.354 e. The Hall–Kier alpha value is -2.34. The molecule has 0 heterocycles. The summed E-state index contributed by atoms with van der Waals surface area (Å²) < 4.78 is 13.8. The molecule has 0 aromatic heterocycles. The minimum atomic E-state index is -0.580. The highest BCUT2D eigenvalue weighted by molar-refractivity contribution is 7.99. The van der Waals surface area contributed by atoms with Crippen LogP contribution in [0.5, 0.6) is 0 Å². The Kier molecular flexibility index (Phi) is 9.87. The summed E-state index contributed by atoms with van der Waals surface area (Å²) in [6, 6.07) is 13.9. The van der Waals surface area contributed by atoms with Crippen molar-refractivity contribution in [3.05, 3.63) is 71.0 Å². The van der Waals surface area contributed by atoms with E-state index in [2.05, 4.69) is 12.2 Å². The molecule has 0 aliphatic carbocycles. The normalized spacial score (nSPS) is 11.7. The van der Waals surface area contributed by atoms with Crippen LogP contribution in [0.2, 0.25) is 0 Å². The van der Waals surface area contributed by atoms with Crippen molar-refractivity contribution in [3.63, 3.8) is 0 Å². The topological polar surface area (TPSA) is 49.4 Å². The molecule has 0 saturated heterocycles. The molecular weight excluding hydrogens is 399 g/mol. The first-order valence-corrected chi connectivity index (χ1v) is 11.5. The number of rotatable bonds is 11. The van der Waals surface area contributed by atoms with Gasteiger partial charge in [0.1, 0.15) is 11.9 Å². The first-order valence-electron chi connectivity index (χ1n) is 10.4. The smallest absolute Gasteiger partial charge is 0.242 e. The molecular formula is C24H31FN2O2S. The number of halogens is 1. The Bertz CT molecular complexity index is 843. The second-order valence-corrected chi connectivity index (χ2v) is 8.40. The highest BCUT2D eigenvalue weighted by Gasteiger charge is 2.26. The number of carbonyl (C=O) groups is 2. The van der Waals surface area contributed by atoms with Gasteiger partial charge in [0.2, 0.25) is 11.8 Å². The Morgan fingerprint density at radius 2 is 1.93 bits per heavy atom. The average molecular weight is 431 g/mol. The van der Waals surface area contributed by atoms with Gasteiger partial charge >= 0.3 is 0 Å². The van der Waals surface area contributed by atoms with Gasteiger partial charge in [0.15, 0.2) is 0 Å². The van der Waals surface area contributed by atoms with E-state index in [1.54, 1.807) is 30.0 Å². The van der Waals surface area contributed by atoms with E-state index in [0.29, 0.717) is 24.4 Å². The van der Waals surface area contributed by atoms with Gasteiger partial charge < -0.3 is 10.2 Å². The summed E-state index contributed by atoms with van der Waals surface area (Å²) in [5, 5.41) is 2.92. The summed E-state index contributed by atoms with van der Waals surface area (Å²) in [7, 11) is 0. The molecule has 0 saturated carbocycles. The number of hydrogen-bond acceptors (Lipinski definition) is 3. The van der Waals surface area contributed by atoms with Crippen LogP contribution in [0.15, 0.2) is 48.5 Å². The summed E-state index contributed by atoms with van der Waals surface area (Å²) in [6.07, 6.45) is 1.90. The maximum absolute atomic E-state index is 13.8. The minimum absolute atomic E-state index is 0.129. The fourth-order valence-electron chi connectivity index (χ4n) is 3.07. The zero-order chi connectivity index (χ0) is 21.9. The number of nitrogens with one attached hydrogen (secondary N) is 1. The van der Waals surface area contributed by atoms with Crippen molar-refractivity contribution in [1.29, 1.82) is 0 Å². The SMILES string of the molecule is CCCCNC(=O)[C@H](C)N(Cc1cccc(C)c1)C(=O)CSCc1ccccc1F. The molecule has 162 valence electrons. The molecule has 0 fully saturated rings. The number of amides is 2. The second-order valence-electron chi connectivity index (χ2n) is 7.42. The van der Waals surface area contributed by atoms with Crippen LogP contribution in [-0.4, -0.2) is 35.1 Å². The van der Waals surface area contributed by atoms with Gasteiger partial charge in [0.05, 0.1) is 5.75 Å². The van der Waals surface area contributed by atoms with Crippen molar-refractivity contribution < 1.29 is 14.0 Å². The van der Waals surface area contributed by atoms with Crippen LogP contribution in [0.4, 0.5) is 4.39 Å². The van der Waals surface area contributed by atoms with Gasteiger partial charge in [-0.2, -0.15) is 0 Å².